The van der Waals surface area contributed by atoms with Crippen molar-refractivity contribution in [3.05, 3.63) is 65.2 Å². The number of rotatable bonds is 4. The van der Waals surface area contributed by atoms with Crippen molar-refractivity contribution in [1.29, 1.82) is 0 Å². The van der Waals surface area contributed by atoms with E-state index in [1.165, 1.54) is 11.1 Å². The maximum atomic E-state index is 5.65. The molecular weight excluding hydrogens is 224 g/mol. The second-order valence-corrected chi connectivity index (χ2v) is 4.25. The molecule has 2 heteroatoms. The zero-order chi connectivity index (χ0) is 13.0. The van der Waals surface area contributed by atoms with E-state index >= 15 is 0 Å². The van der Waals surface area contributed by atoms with Gasteiger partial charge in [-0.05, 0) is 35.7 Å². The van der Waals surface area contributed by atoms with Gasteiger partial charge in [-0.2, -0.15) is 0 Å². The summed E-state index contributed by atoms with van der Waals surface area (Å²) in [6.07, 6.45) is -0.0544. The van der Waals surface area contributed by atoms with E-state index < -0.39 is 0 Å². The Morgan fingerprint density at radius 1 is 0.944 bits per heavy atom. The molecule has 2 rings (SSSR count). The average molecular weight is 242 g/mol. The van der Waals surface area contributed by atoms with E-state index in [2.05, 4.69) is 25.1 Å². The van der Waals surface area contributed by atoms with E-state index in [-0.39, 0.29) is 6.10 Å². The second-order valence-electron chi connectivity index (χ2n) is 4.25. The van der Waals surface area contributed by atoms with E-state index in [4.69, 9.17) is 9.47 Å². The van der Waals surface area contributed by atoms with Crippen molar-refractivity contribution in [2.24, 2.45) is 0 Å². The minimum absolute atomic E-state index is 0.0544. The molecule has 0 saturated carbocycles. The third-order valence-corrected chi connectivity index (χ3v) is 3.10. The molecule has 0 spiro atoms. The highest BCUT2D eigenvalue weighted by molar-refractivity contribution is 5.38. The van der Waals surface area contributed by atoms with Gasteiger partial charge in [0.05, 0.1) is 7.11 Å². The zero-order valence-corrected chi connectivity index (χ0v) is 11.0. The van der Waals surface area contributed by atoms with Crippen LogP contribution in [0.1, 0.15) is 22.8 Å². The van der Waals surface area contributed by atoms with Crippen LogP contribution in [0.2, 0.25) is 0 Å². The van der Waals surface area contributed by atoms with Crippen LogP contribution in [0.5, 0.6) is 5.75 Å². The van der Waals surface area contributed by atoms with Crippen LogP contribution in [0.15, 0.2) is 48.5 Å². The Morgan fingerprint density at radius 3 is 2.39 bits per heavy atom. The SMILES string of the molecule is COc1cccc(C(OC)c2ccccc2C)c1. The van der Waals surface area contributed by atoms with E-state index in [1.54, 1.807) is 14.2 Å². The lowest BCUT2D eigenvalue weighted by Gasteiger charge is -2.19. The summed E-state index contributed by atoms with van der Waals surface area (Å²) >= 11 is 0. The summed E-state index contributed by atoms with van der Waals surface area (Å²) in [5.41, 5.74) is 3.52. The minimum atomic E-state index is -0.0544. The van der Waals surface area contributed by atoms with Gasteiger partial charge in [-0.15, -0.1) is 0 Å². The molecule has 0 aliphatic carbocycles. The largest absolute Gasteiger partial charge is 0.497 e. The monoisotopic (exact) mass is 242 g/mol. The van der Waals surface area contributed by atoms with Gasteiger partial charge >= 0.3 is 0 Å². The Hall–Kier alpha value is -1.80. The summed E-state index contributed by atoms with van der Waals surface area (Å²) in [4.78, 5) is 0. The van der Waals surface area contributed by atoms with Gasteiger partial charge in [-0.3, -0.25) is 0 Å². The van der Waals surface area contributed by atoms with Gasteiger partial charge < -0.3 is 9.47 Å². The number of methoxy groups -OCH3 is 2. The van der Waals surface area contributed by atoms with Crippen LogP contribution in [-0.4, -0.2) is 14.2 Å². The quantitative estimate of drug-likeness (QED) is 0.813. The van der Waals surface area contributed by atoms with Crippen molar-refractivity contribution in [2.75, 3.05) is 14.2 Å². The van der Waals surface area contributed by atoms with Gasteiger partial charge in [-0.25, -0.2) is 0 Å². The molecule has 1 unspecified atom stereocenters. The van der Waals surface area contributed by atoms with Crippen molar-refractivity contribution >= 4 is 0 Å². The zero-order valence-electron chi connectivity index (χ0n) is 11.0. The highest BCUT2D eigenvalue weighted by atomic mass is 16.5. The van der Waals surface area contributed by atoms with Crippen molar-refractivity contribution < 1.29 is 9.47 Å². The van der Waals surface area contributed by atoms with Crippen LogP contribution in [-0.2, 0) is 4.74 Å². The second kappa shape index (κ2) is 5.69. The summed E-state index contributed by atoms with van der Waals surface area (Å²) in [7, 11) is 3.41. The summed E-state index contributed by atoms with van der Waals surface area (Å²) in [5.74, 6) is 0.850. The van der Waals surface area contributed by atoms with Crippen molar-refractivity contribution in [3.8, 4) is 5.75 Å². The molecule has 0 aromatic heterocycles. The Bertz CT molecular complexity index is 520. The molecule has 0 saturated heterocycles. The van der Waals surface area contributed by atoms with E-state index in [0.29, 0.717) is 0 Å². The Morgan fingerprint density at radius 2 is 1.72 bits per heavy atom. The average Bonchev–Trinajstić information content (AvgIpc) is 2.42. The van der Waals surface area contributed by atoms with Crippen LogP contribution in [0.25, 0.3) is 0 Å². The molecule has 94 valence electrons. The lowest BCUT2D eigenvalue weighted by Crippen LogP contribution is -2.05. The van der Waals surface area contributed by atoms with Crippen LogP contribution in [0, 0.1) is 6.92 Å². The van der Waals surface area contributed by atoms with E-state index in [0.717, 1.165) is 11.3 Å². The fourth-order valence-electron chi connectivity index (χ4n) is 2.13. The predicted molar refractivity (Wildman–Crippen MR) is 73.0 cm³/mol. The molecule has 18 heavy (non-hydrogen) atoms. The first-order valence-electron chi connectivity index (χ1n) is 5.98. The molecule has 0 heterocycles. The first-order valence-corrected chi connectivity index (χ1v) is 5.98. The molecule has 0 aliphatic heterocycles. The Kier molecular flexibility index (Phi) is 4.00. The van der Waals surface area contributed by atoms with Crippen LogP contribution >= 0.6 is 0 Å². The molecule has 1 atom stereocenters. The van der Waals surface area contributed by atoms with E-state index in [1.807, 2.05) is 30.3 Å². The van der Waals surface area contributed by atoms with Gasteiger partial charge in [0.2, 0.25) is 0 Å². The molecular formula is C16H18O2. The van der Waals surface area contributed by atoms with Crippen LogP contribution < -0.4 is 4.74 Å². The Balaban J connectivity index is 2.42. The molecule has 2 aromatic carbocycles. The lowest BCUT2D eigenvalue weighted by molar-refractivity contribution is 0.135. The first-order chi connectivity index (χ1) is 8.76. The standard InChI is InChI=1S/C16H18O2/c1-12-7-4-5-10-15(12)16(18-3)13-8-6-9-14(11-13)17-2/h4-11,16H,1-3H3. The highest BCUT2D eigenvalue weighted by Gasteiger charge is 2.15. The molecule has 2 aromatic rings. The first kappa shape index (κ1) is 12.7. The molecule has 2 nitrogen and oxygen atoms in total. The van der Waals surface area contributed by atoms with Crippen molar-refractivity contribution in [3.63, 3.8) is 0 Å². The number of ether oxygens (including phenoxy) is 2. The minimum Gasteiger partial charge on any atom is -0.497 e. The lowest BCUT2D eigenvalue weighted by atomic mass is 9.97. The van der Waals surface area contributed by atoms with Crippen molar-refractivity contribution in [1.82, 2.24) is 0 Å². The van der Waals surface area contributed by atoms with Gasteiger partial charge in [-0.1, -0.05) is 36.4 Å². The predicted octanol–water partition coefficient (Wildman–Crippen LogP) is 3.74. The maximum absolute atomic E-state index is 5.65. The van der Waals surface area contributed by atoms with Crippen molar-refractivity contribution in [2.45, 2.75) is 13.0 Å². The van der Waals surface area contributed by atoms with Crippen LogP contribution in [0.4, 0.5) is 0 Å². The van der Waals surface area contributed by atoms with Gasteiger partial charge in [0, 0.05) is 7.11 Å². The Labute approximate surface area is 108 Å². The fourth-order valence-corrected chi connectivity index (χ4v) is 2.13. The topological polar surface area (TPSA) is 18.5 Å². The number of hydrogen-bond donors (Lipinski definition) is 0. The van der Waals surface area contributed by atoms with Gasteiger partial charge in [0.25, 0.3) is 0 Å². The molecule has 0 aliphatic rings. The van der Waals surface area contributed by atoms with Gasteiger partial charge in [0.1, 0.15) is 11.9 Å². The highest BCUT2D eigenvalue weighted by Crippen LogP contribution is 2.29. The number of aryl methyl sites for hydroxylation is 1. The molecule has 0 fully saturated rings. The third kappa shape index (κ3) is 2.54. The third-order valence-electron chi connectivity index (χ3n) is 3.10. The smallest absolute Gasteiger partial charge is 0.119 e. The number of benzene rings is 2. The number of hydrogen-bond acceptors (Lipinski definition) is 2. The van der Waals surface area contributed by atoms with Crippen LogP contribution in [0.3, 0.4) is 0 Å². The molecule has 0 bridgehead atoms. The molecule has 0 N–H and O–H groups in total. The van der Waals surface area contributed by atoms with Gasteiger partial charge in [0.15, 0.2) is 0 Å². The molecule has 0 amide bonds. The fraction of sp³-hybridized carbons (Fsp3) is 0.250. The summed E-state index contributed by atoms with van der Waals surface area (Å²) < 4.78 is 10.9. The normalized spacial score (nSPS) is 12.2. The molecule has 0 radical (unpaired) electrons. The summed E-state index contributed by atoms with van der Waals surface area (Å²) in [5, 5.41) is 0. The van der Waals surface area contributed by atoms with E-state index in [9.17, 15) is 0 Å². The summed E-state index contributed by atoms with van der Waals surface area (Å²) in [6, 6.07) is 16.3. The maximum Gasteiger partial charge on any atom is 0.119 e. The summed E-state index contributed by atoms with van der Waals surface area (Å²) in [6.45, 7) is 2.10.